The first kappa shape index (κ1) is 28.6. The molecule has 0 aliphatic rings. The molecule has 6 aromatic carbocycles. The van der Waals surface area contributed by atoms with Crippen LogP contribution in [0.25, 0.3) is 77.6 Å². The van der Waals surface area contributed by atoms with Crippen LogP contribution in [-0.2, 0) is 0 Å². The second-order valence-corrected chi connectivity index (χ2v) is 11.6. The molecule has 0 unspecified atom stereocenters. The highest BCUT2D eigenvalue weighted by molar-refractivity contribution is 6.11. The Labute approximate surface area is 277 Å². The second kappa shape index (κ2) is 11.8. The molecule has 0 radical (unpaired) electrons. The molecule has 8 rings (SSSR count). The van der Waals surface area contributed by atoms with E-state index >= 15 is 0 Å². The molecule has 6 nitrogen and oxygen atoms in total. The molecule has 0 amide bonds. The average Bonchev–Trinajstić information content (AvgIpc) is 3.48. The number of nitriles is 1. The summed E-state index contributed by atoms with van der Waals surface area (Å²) >= 11 is 0. The second-order valence-electron chi connectivity index (χ2n) is 11.6. The van der Waals surface area contributed by atoms with E-state index in [1.54, 1.807) is 0 Å². The molecule has 0 aliphatic heterocycles. The normalized spacial score (nSPS) is 11.0. The van der Waals surface area contributed by atoms with Crippen LogP contribution in [0.3, 0.4) is 0 Å². The maximum Gasteiger partial charge on any atom is 0.188 e. The van der Waals surface area contributed by atoms with Gasteiger partial charge in [-0.3, -0.25) is 0 Å². The molecule has 0 atom stereocenters. The molecule has 8 aromatic rings. The lowest BCUT2D eigenvalue weighted by Crippen LogP contribution is -2.00. The van der Waals surface area contributed by atoms with Crippen LogP contribution in [0, 0.1) is 24.8 Å². The number of hydrogen-bond acceptors (Lipinski definition) is 4. The van der Waals surface area contributed by atoms with Gasteiger partial charge in [0.2, 0.25) is 0 Å². The Balaban J connectivity index is 1.28. The van der Waals surface area contributed by atoms with E-state index in [0.29, 0.717) is 28.7 Å². The SMILES string of the molecule is [C-]#[N+]c1ccc2c(c1)c1cc(-c3ccc(-c4nc(-c5ccccc5)nc(-c5ccccc5)n4)cc3C#N)ccc1n2-c1ccccc1C. The highest BCUT2D eigenvalue weighted by Gasteiger charge is 2.18. The molecule has 48 heavy (non-hydrogen) atoms. The molecule has 0 spiro atoms. The van der Waals surface area contributed by atoms with Crippen molar-refractivity contribution in [2.45, 2.75) is 6.92 Å². The van der Waals surface area contributed by atoms with Crippen molar-refractivity contribution in [3.63, 3.8) is 0 Å². The van der Waals surface area contributed by atoms with Crippen LogP contribution in [0.4, 0.5) is 5.69 Å². The summed E-state index contributed by atoms with van der Waals surface area (Å²) in [6, 6.07) is 48.3. The zero-order valence-electron chi connectivity index (χ0n) is 26.0. The number of fused-ring (bicyclic) bond motifs is 3. The van der Waals surface area contributed by atoms with Gasteiger partial charge >= 0.3 is 0 Å². The number of benzene rings is 6. The van der Waals surface area contributed by atoms with Gasteiger partial charge in [-0.05, 0) is 65.4 Å². The van der Waals surface area contributed by atoms with Crippen LogP contribution in [0.15, 0.2) is 140 Å². The summed E-state index contributed by atoms with van der Waals surface area (Å²) < 4.78 is 2.25. The Morgan fingerprint density at radius 2 is 1.15 bits per heavy atom. The maximum absolute atomic E-state index is 10.4. The number of hydrogen-bond donors (Lipinski definition) is 0. The van der Waals surface area contributed by atoms with Crippen LogP contribution in [0.1, 0.15) is 11.1 Å². The smallest absolute Gasteiger partial charge is 0.188 e. The van der Waals surface area contributed by atoms with E-state index in [0.717, 1.165) is 60.9 Å². The van der Waals surface area contributed by atoms with Crippen molar-refractivity contribution in [2.24, 2.45) is 0 Å². The number of para-hydroxylation sites is 1. The van der Waals surface area contributed by atoms with Gasteiger partial charge in [-0.1, -0.05) is 103 Å². The topological polar surface area (TPSA) is 71.8 Å². The molecule has 224 valence electrons. The molecule has 0 saturated heterocycles. The Morgan fingerprint density at radius 1 is 0.583 bits per heavy atom. The fourth-order valence-corrected chi connectivity index (χ4v) is 6.29. The molecule has 2 heterocycles. The summed E-state index contributed by atoms with van der Waals surface area (Å²) in [5, 5.41) is 12.4. The molecule has 0 fully saturated rings. The first-order chi connectivity index (χ1) is 23.6. The molecular formula is C42H26N6. The van der Waals surface area contributed by atoms with E-state index in [9.17, 15) is 5.26 Å². The summed E-state index contributed by atoms with van der Waals surface area (Å²) in [5.74, 6) is 1.63. The number of rotatable bonds is 5. The van der Waals surface area contributed by atoms with E-state index in [4.69, 9.17) is 21.5 Å². The number of nitrogens with zero attached hydrogens (tertiary/aromatic N) is 6. The first-order valence-electron chi connectivity index (χ1n) is 15.5. The minimum atomic E-state index is 0.495. The van der Waals surface area contributed by atoms with Gasteiger partial charge in [-0.25, -0.2) is 19.8 Å². The van der Waals surface area contributed by atoms with E-state index in [2.05, 4.69) is 52.7 Å². The largest absolute Gasteiger partial charge is 0.309 e. The van der Waals surface area contributed by atoms with Gasteiger partial charge in [-0.2, -0.15) is 5.26 Å². The van der Waals surface area contributed by atoms with E-state index in [1.165, 1.54) is 0 Å². The van der Waals surface area contributed by atoms with Crippen molar-refractivity contribution in [3.8, 4) is 57.0 Å². The minimum Gasteiger partial charge on any atom is -0.309 e. The average molecular weight is 615 g/mol. The molecule has 2 aromatic heterocycles. The van der Waals surface area contributed by atoms with Gasteiger partial charge < -0.3 is 4.57 Å². The lowest BCUT2D eigenvalue weighted by molar-refractivity contribution is 1.07. The Kier molecular flexibility index (Phi) is 7.02. The van der Waals surface area contributed by atoms with Crippen molar-refractivity contribution < 1.29 is 0 Å². The van der Waals surface area contributed by atoms with Gasteiger partial charge in [0.05, 0.1) is 29.2 Å². The van der Waals surface area contributed by atoms with Gasteiger partial charge in [0.1, 0.15) is 0 Å². The third kappa shape index (κ3) is 4.95. The molecule has 0 saturated carbocycles. The molecule has 0 bridgehead atoms. The fraction of sp³-hybridized carbons (Fsp3) is 0.0238. The highest BCUT2D eigenvalue weighted by Crippen LogP contribution is 2.38. The zero-order valence-corrected chi connectivity index (χ0v) is 26.0. The van der Waals surface area contributed by atoms with Crippen molar-refractivity contribution in [1.82, 2.24) is 19.5 Å². The van der Waals surface area contributed by atoms with Crippen LogP contribution in [0.2, 0.25) is 0 Å². The Morgan fingerprint density at radius 3 is 1.77 bits per heavy atom. The van der Waals surface area contributed by atoms with Gasteiger partial charge in [-0.15, -0.1) is 0 Å². The van der Waals surface area contributed by atoms with Crippen molar-refractivity contribution in [3.05, 3.63) is 162 Å². The summed E-state index contributed by atoms with van der Waals surface area (Å²) in [7, 11) is 0. The lowest BCUT2D eigenvalue weighted by Gasteiger charge is -2.12. The van der Waals surface area contributed by atoms with E-state index in [1.807, 2.05) is 109 Å². The summed E-state index contributed by atoms with van der Waals surface area (Å²) in [5.41, 5.74) is 9.61. The molecule has 6 heteroatoms. The molecular weight excluding hydrogens is 589 g/mol. The Hall–Kier alpha value is -6.89. The Bertz CT molecular complexity index is 2530. The monoisotopic (exact) mass is 614 g/mol. The standard InChI is InChI=1S/C42H26N6/c1-27-11-9-10-16-37(27)48-38-21-18-30(24-35(38)36-25-33(44-2)19-22-39(36)48)34-20-17-31(23-32(34)26-43)42-46-40(28-12-5-3-6-13-28)45-41(47-42)29-14-7-4-8-15-29/h3-25H,1H3. The van der Waals surface area contributed by atoms with Crippen LogP contribution < -0.4 is 0 Å². The van der Waals surface area contributed by atoms with E-state index in [-0.39, 0.29) is 0 Å². The maximum atomic E-state index is 10.4. The number of aryl methyl sites for hydroxylation is 1. The third-order valence-corrected chi connectivity index (χ3v) is 8.64. The van der Waals surface area contributed by atoms with Crippen molar-refractivity contribution in [1.29, 1.82) is 5.26 Å². The van der Waals surface area contributed by atoms with Gasteiger partial charge in [0.25, 0.3) is 0 Å². The van der Waals surface area contributed by atoms with Crippen LogP contribution in [-0.4, -0.2) is 19.5 Å². The fourth-order valence-electron chi connectivity index (χ4n) is 6.29. The van der Waals surface area contributed by atoms with Crippen molar-refractivity contribution in [2.75, 3.05) is 0 Å². The van der Waals surface area contributed by atoms with Gasteiger partial charge in [0.15, 0.2) is 23.2 Å². The van der Waals surface area contributed by atoms with Crippen LogP contribution >= 0.6 is 0 Å². The number of aromatic nitrogens is 4. The lowest BCUT2D eigenvalue weighted by atomic mass is 9.96. The minimum absolute atomic E-state index is 0.495. The zero-order chi connectivity index (χ0) is 32.6. The quantitative estimate of drug-likeness (QED) is 0.181. The van der Waals surface area contributed by atoms with E-state index < -0.39 is 0 Å². The highest BCUT2D eigenvalue weighted by atomic mass is 15.0. The first-order valence-corrected chi connectivity index (χ1v) is 15.5. The summed E-state index contributed by atoms with van der Waals surface area (Å²) in [4.78, 5) is 18.2. The summed E-state index contributed by atoms with van der Waals surface area (Å²) in [6.45, 7) is 9.75. The predicted molar refractivity (Wildman–Crippen MR) is 192 cm³/mol. The summed E-state index contributed by atoms with van der Waals surface area (Å²) in [6.07, 6.45) is 0. The predicted octanol–water partition coefficient (Wildman–Crippen LogP) is 10.4. The third-order valence-electron chi connectivity index (χ3n) is 8.64. The molecule has 0 aliphatic carbocycles. The van der Waals surface area contributed by atoms with Gasteiger partial charge in [0, 0.05) is 27.8 Å². The van der Waals surface area contributed by atoms with Crippen LogP contribution in [0.5, 0.6) is 0 Å². The molecule has 0 N–H and O–H groups in total. The van der Waals surface area contributed by atoms with Crippen molar-refractivity contribution >= 4 is 27.5 Å².